The van der Waals surface area contributed by atoms with Crippen molar-refractivity contribution in [1.82, 2.24) is 18.9 Å². The van der Waals surface area contributed by atoms with Crippen molar-refractivity contribution in [2.75, 3.05) is 24.4 Å². The van der Waals surface area contributed by atoms with Crippen molar-refractivity contribution in [3.8, 4) is 5.75 Å². The Kier molecular flexibility index (Phi) is 4.74. The van der Waals surface area contributed by atoms with Gasteiger partial charge in [0.2, 0.25) is 5.95 Å². The molecular formula is C23H33N5O3S. The highest BCUT2D eigenvalue weighted by molar-refractivity contribution is 7.90. The predicted octanol–water partition coefficient (Wildman–Crippen LogP) is 3.50. The lowest BCUT2D eigenvalue weighted by Crippen LogP contribution is -2.53. The topological polar surface area (TPSA) is 88.8 Å². The lowest BCUT2D eigenvalue weighted by atomic mass is 9.46. The normalized spacial score (nSPS) is 29.4. The Balaban J connectivity index is 1.25. The fraction of sp³-hybridized carbons (Fsp3) is 0.739. The predicted molar refractivity (Wildman–Crippen MR) is 122 cm³/mol. The van der Waals surface area contributed by atoms with E-state index in [4.69, 9.17) is 4.74 Å². The average Bonchev–Trinajstić information content (AvgIpc) is 3.45. The summed E-state index contributed by atoms with van der Waals surface area (Å²) in [5.74, 6) is 4.07. The third-order valence-corrected chi connectivity index (χ3v) is 10.1. The molecule has 1 N–H and O–H groups in total. The quantitative estimate of drug-likeness (QED) is 0.653. The van der Waals surface area contributed by atoms with E-state index in [2.05, 4.69) is 28.8 Å². The molecule has 5 fully saturated rings. The lowest BCUT2D eigenvalue weighted by Gasteiger charge is -2.60. The summed E-state index contributed by atoms with van der Waals surface area (Å²) in [6.07, 6.45) is 10.2. The van der Waals surface area contributed by atoms with Crippen LogP contribution in [-0.2, 0) is 16.6 Å². The zero-order valence-electron chi connectivity index (χ0n) is 19.0. The maximum atomic E-state index is 12.5. The molecule has 7 rings (SSSR count). The summed E-state index contributed by atoms with van der Waals surface area (Å²) in [7, 11) is -3.58. The van der Waals surface area contributed by atoms with Crippen LogP contribution in [0.15, 0.2) is 12.3 Å². The Morgan fingerprint density at radius 1 is 1.19 bits per heavy atom. The van der Waals surface area contributed by atoms with Crippen LogP contribution in [-0.4, -0.2) is 47.0 Å². The Hall–Kier alpha value is -1.87. The molecule has 174 valence electrons. The number of hydrogen-bond donors (Lipinski definition) is 1. The SMILES string of the molecule is CC1(C)[C@H]2CC[C@H](COc3cc4nnc(NS(=O)(=O)N5CCC5)n4cc3CC3CC3)[C@@H]1C2. The Bertz CT molecular complexity index is 1130. The van der Waals surface area contributed by atoms with Gasteiger partial charge in [-0.05, 0) is 74.0 Å². The summed E-state index contributed by atoms with van der Waals surface area (Å²) in [4.78, 5) is 0. The van der Waals surface area contributed by atoms with Crippen LogP contribution in [0.2, 0.25) is 0 Å². The third-order valence-electron chi connectivity index (χ3n) is 8.62. The summed E-state index contributed by atoms with van der Waals surface area (Å²) in [5, 5.41) is 8.36. The molecular weight excluding hydrogens is 426 g/mol. The molecule has 2 aromatic heterocycles. The number of rotatable bonds is 8. The average molecular weight is 460 g/mol. The highest BCUT2D eigenvalue weighted by Gasteiger charge is 2.54. The number of nitrogens with one attached hydrogen (secondary N) is 1. The first-order valence-corrected chi connectivity index (χ1v) is 13.5. The van der Waals surface area contributed by atoms with E-state index in [1.54, 1.807) is 4.40 Å². The number of ether oxygens (including phenoxy) is 1. The first kappa shape index (κ1) is 20.7. The van der Waals surface area contributed by atoms with Gasteiger partial charge in [-0.15, -0.1) is 10.2 Å². The lowest BCUT2D eigenvalue weighted by molar-refractivity contribution is -0.114. The van der Waals surface area contributed by atoms with E-state index in [0.717, 1.165) is 42.6 Å². The van der Waals surface area contributed by atoms with E-state index in [-0.39, 0.29) is 5.95 Å². The highest BCUT2D eigenvalue weighted by atomic mass is 32.2. The summed E-state index contributed by atoms with van der Waals surface area (Å²) in [6, 6.07) is 1.93. The minimum absolute atomic E-state index is 0.241. The summed E-state index contributed by atoms with van der Waals surface area (Å²) < 4.78 is 37.3. The number of anilines is 1. The number of fused-ring (bicyclic) bond motifs is 3. The zero-order valence-corrected chi connectivity index (χ0v) is 19.8. The molecule has 0 aromatic carbocycles. The molecule has 0 spiro atoms. The standard InChI is InChI=1S/C23H33N5O3S/c1-23(2)18-7-6-16(19(23)11-18)14-31-20-12-21-24-25-22(26-32(29,30)27-8-3-9-27)28(21)13-17(20)10-15-4-5-15/h12-13,15-16,18-19H,3-11,14H2,1-2H3,(H,25,26)/t16-,18+,19+/m1/s1. The largest absolute Gasteiger partial charge is 0.493 e. The minimum Gasteiger partial charge on any atom is -0.493 e. The molecule has 0 amide bonds. The van der Waals surface area contributed by atoms with E-state index >= 15 is 0 Å². The monoisotopic (exact) mass is 459 g/mol. The molecule has 2 bridgehead atoms. The molecule has 2 aromatic rings. The van der Waals surface area contributed by atoms with Crippen molar-refractivity contribution < 1.29 is 13.2 Å². The molecule has 3 atom stereocenters. The molecule has 32 heavy (non-hydrogen) atoms. The van der Waals surface area contributed by atoms with Crippen LogP contribution in [0, 0.1) is 29.1 Å². The number of nitrogens with zero attached hydrogens (tertiary/aromatic N) is 4. The Labute approximate surface area is 189 Å². The fourth-order valence-corrected chi connectivity index (χ4v) is 7.25. The minimum atomic E-state index is -3.58. The van der Waals surface area contributed by atoms with Crippen molar-refractivity contribution in [3.63, 3.8) is 0 Å². The second-order valence-electron chi connectivity index (χ2n) is 10.9. The van der Waals surface area contributed by atoms with Gasteiger partial charge < -0.3 is 4.74 Å². The van der Waals surface area contributed by atoms with E-state index in [1.165, 1.54) is 36.4 Å². The summed E-state index contributed by atoms with van der Waals surface area (Å²) in [6.45, 7) is 6.69. The maximum Gasteiger partial charge on any atom is 0.303 e. The van der Waals surface area contributed by atoms with Gasteiger partial charge in [-0.2, -0.15) is 12.7 Å². The second-order valence-corrected chi connectivity index (χ2v) is 12.6. The van der Waals surface area contributed by atoms with Gasteiger partial charge in [0.25, 0.3) is 0 Å². The molecule has 1 aliphatic heterocycles. The van der Waals surface area contributed by atoms with Gasteiger partial charge in [0.15, 0.2) is 5.65 Å². The van der Waals surface area contributed by atoms with E-state index in [1.807, 2.05) is 12.3 Å². The van der Waals surface area contributed by atoms with E-state index in [0.29, 0.717) is 36.0 Å². The number of hydrogen-bond acceptors (Lipinski definition) is 5. The first-order valence-electron chi connectivity index (χ1n) is 12.1. The van der Waals surface area contributed by atoms with Gasteiger partial charge in [0, 0.05) is 30.9 Å². The van der Waals surface area contributed by atoms with Crippen molar-refractivity contribution >= 4 is 21.8 Å². The molecule has 0 unspecified atom stereocenters. The molecule has 0 radical (unpaired) electrons. The molecule has 4 saturated carbocycles. The van der Waals surface area contributed by atoms with Crippen molar-refractivity contribution in [1.29, 1.82) is 0 Å². The van der Waals surface area contributed by atoms with Crippen LogP contribution in [0.3, 0.4) is 0 Å². The zero-order chi connectivity index (χ0) is 22.1. The van der Waals surface area contributed by atoms with Crippen molar-refractivity contribution in [2.45, 2.75) is 58.8 Å². The van der Waals surface area contributed by atoms with Crippen LogP contribution in [0.25, 0.3) is 5.65 Å². The maximum absolute atomic E-state index is 12.5. The van der Waals surface area contributed by atoms with Crippen LogP contribution in [0.1, 0.15) is 57.9 Å². The molecule has 4 aliphatic carbocycles. The molecule has 3 heterocycles. The summed E-state index contributed by atoms with van der Waals surface area (Å²) >= 11 is 0. The number of pyridine rings is 1. The van der Waals surface area contributed by atoms with E-state index < -0.39 is 10.2 Å². The fourth-order valence-electron chi connectivity index (χ4n) is 6.02. The first-order chi connectivity index (χ1) is 15.3. The number of aromatic nitrogens is 3. The van der Waals surface area contributed by atoms with Gasteiger partial charge in [-0.1, -0.05) is 13.8 Å². The van der Waals surface area contributed by atoms with Gasteiger partial charge in [0.1, 0.15) is 5.75 Å². The van der Waals surface area contributed by atoms with Crippen LogP contribution >= 0.6 is 0 Å². The second kappa shape index (κ2) is 7.32. The molecule has 9 heteroatoms. The molecule has 8 nitrogen and oxygen atoms in total. The van der Waals surface area contributed by atoms with Gasteiger partial charge in [0.05, 0.1) is 6.61 Å². The van der Waals surface area contributed by atoms with E-state index in [9.17, 15) is 8.42 Å². The molecule has 5 aliphatic rings. The van der Waals surface area contributed by atoms with Crippen LogP contribution in [0.5, 0.6) is 5.75 Å². The summed E-state index contributed by atoms with van der Waals surface area (Å²) in [5.41, 5.74) is 2.17. The van der Waals surface area contributed by atoms with Crippen molar-refractivity contribution in [2.24, 2.45) is 29.1 Å². The third kappa shape index (κ3) is 3.48. The van der Waals surface area contributed by atoms with Gasteiger partial charge >= 0.3 is 10.2 Å². The van der Waals surface area contributed by atoms with Gasteiger partial charge in [-0.3, -0.25) is 4.40 Å². The Morgan fingerprint density at radius 3 is 2.66 bits per heavy atom. The van der Waals surface area contributed by atoms with Crippen LogP contribution in [0.4, 0.5) is 5.95 Å². The van der Waals surface area contributed by atoms with Crippen molar-refractivity contribution in [3.05, 3.63) is 17.8 Å². The smallest absolute Gasteiger partial charge is 0.303 e. The van der Waals surface area contributed by atoms with Crippen LogP contribution < -0.4 is 9.46 Å². The highest BCUT2D eigenvalue weighted by Crippen LogP contribution is 2.61. The van der Waals surface area contributed by atoms with Gasteiger partial charge in [-0.25, -0.2) is 4.72 Å². The Morgan fingerprint density at radius 2 is 2.00 bits per heavy atom. The molecule has 1 saturated heterocycles.